The number of benzene rings is 4. The van der Waals surface area contributed by atoms with Gasteiger partial charge in [-0.05, 0) is 147 Å². The second-order valence-corrected chi connectivity index (χ2v) is 29.6. The lowest BCUT2D eigenvalue weighted by Gasteiger charge is -2.32. The summed E-state index contributed by atoms with van der Waals surface area (Å²) in [4.78, 5) is 182. The van der Waals surface area contributed by atoms with Crippen LogP contribution in [0.25, 0.3) is 0 Å². The van der Waals surface area contributed by atoms with Crippen LogP contribution in [-0.4, -0.2) is 190 Å². The molecule has 0 saturated carbocycles. The van der Waals surface area contributed by atoms with E-state index in [-0.39, 0.29) is 127 Å². The van der Waals surface area contributed by atoms with Crippen LogP contribution in [0.5, 0.6) is 11.5 Å². The number of fused-ring (bicyclic) bond motifs is 2. The molecule has 0 radical (unpaired) electrons. The zero-order valence-corrected chi connectivity index (χ0v) is 62.2. The van der Waals surface area contributed by atoms with E-state index in [1.165, 1.54) is 34.1 Å². The number of carbonyl (C=O) groups is 12. The zero-order valence-electron chi connectivity index (χ0n) is 62.2. The summed E-state index contributed by atoms with van der Waals surface area (Å²) in [5, 5.41) is 48.9. The Morgan fingerprint density at radius 1 is 0.349 bits per heavy atom. The number of rotatable bonds is 20. The average molecular weight is 1470 g/mol. The largest absolute Gasteiger partial charge is 0.508 e. The molecule has 3 aliphatic rings. The van der Waals surface area contributed by atoms with Gasteiger partial charge in [0, 0.05) is 38.8 Å². The summed E-state index contributed by atoms with van der Waals surface area (Å²) in [6.45, 7) is 14.4. The molecule has 0 unspecified atom stereocenters. The molecule has 3 saturated heterocycles. The Hall–Kier alpha value is -9.96. The Kier molecular flexibility index (Phi) is 31.8. The van der Waals surface area contributed by atoms with Crippen molar-refractivity contribution < 1.29 is 67.7 Å². The lowest BCUT2D eigenvalue weighted by molar-refractivity contribution is -0.143. The van der Waals surface area contributed by atoms with E-state index in [9.17, 15) is 48.6 Å². The number of nitrogens with one attached hydrogen (secondary N) is 10. The van der Waals surface area contributed by atoms with Gasteiger partial charge in [0.15, 0.2) is 0 Å². The van der Waals surface area contributed by atoms with Crippen LogP contribution in [0.3, 0.4) is 0 Å². The Morgan fingerprint density at radius 2 is 0.632 bits per heavy atom. The van der Waals surface area contributed by atoms with Crippen molar-refractivity contribution in [1.29, 1.82) is 0 Å². The summed E-state index contributed by atoms with van der Waals surface area (Å²) in [6, 6.07) is 13.7. The number of hydrogen-bond acceptors (Lipinski definition) is 16. The van der Waals surface area contributed by atoms with E-state index in [4.69, 9.17) is 11.5 Å². The first-order chi connectivity index (χ1) is 50.5. The van der Waals surface area contributed by atoms with Gasteiger partial charge >= 0.3 is 0 Å². The van der Waals surface area contributed by atoms with E-state index in [2.05, 4.69) is 53.2 Å². The minimum Gasteiger partial charge on any atom is -0.508 e. The van der Waals surface area contributed by atoms with Gasteiger partial charge in [0.25, 0.3) is 0 Å². The van der Waals surface area contributed by atoms with Gasteiger partial charge < -0.3 is 84.6 Å². The molecule has 16 N–H and O–H groups in total. The van der Waals surface area contributed by atoms with Crippen LogP contribution in [0, 0.1) is 23.7 Å². The summed E-state index contributed by atoms with van der Waals surface area (Å²) in [6.07, 6.45) is 1.01. The highest BCUT2D eigenvalue weighted by Crippen LogP contribution is 2.25. The van der Waals surface area contributed by atoms with Gasteiger partial charge in [0.2, 0.25) is 70.9 Å². The van der Waals surface area contributed by atoms with Gasteiger partial charge in [-0.25, -0.2) is 0 Å². The monoisotopic (exact) mass is 1470 g/mol. The van der Waals surface area contributed by atoms with Crippen molar-refractivity contribution in [3.63, 3.8) is 0 Å². The third kappa shape index (κ3) is 24.6. The van der Waals surface area contributed by atoms with Crippen LogP contribution < -0.4 is 64.6 Å². The minimum atomic E-state index is -1.44. The minimum absolute atomic E-state index is 0.0111. The van der Waals surface area contributed by atoms with E-state index >= 15 is 19.2 Å². The molecule has 12 atom stereocenters. The zero-order chi connectivity index (χ0) is 77.3. The third-order valence-electron chi connectivity index (χ3n) is 19.3. The lowest BCUT2D eigenvalue weighted by atomic mass is 9.98. The Bertz CT molecular complexity index is 3400. The van der Waals surface area contributed by atoms with E-state index in [0.29, 0.717) is 35.1 Å². The number of amides is 12. The summed E-state index contributed by atoms with van der Waals surface area (Å²) in [5.41, 5.74) is 14.2. The van der Waals surface area contributed by atoms with E-state index in [0.717, 1.165) is 0 Å². The Morgan fingerprint density at radius 3 is 0.953 bits per heavy atom. The second-order valence-electron chi connectivity index (χ2n) is 29.6. The quantitative estimate of drug-likeness (QED) is 0.0602. The molecule has 576 valence electrons. The molecule has 106 heavy (non-hydrogen) atoms. The molecule has 3 fully saturated rings. The molecule has 4 aromatic rings. The van der Waals surface area contributed by atoms with Gasteiger partial charge in [-0.3, -0.25) is 57.5 Å². The SMILES string of the molecule is CC(C)C[C@@H]1NC(=O)[C@H](CCCN)NC(=O)[C@H](C(C)C)NC(=O)[C@@H]2CCCN2C(=O)[C@@H](Cc2ccccc2)NC(=O)[C@@H](Cc2ccc(O)cc2)NC(=O)[C@H](CC(C)C)NC(=O)[C@H](CCCN)NC(=O)[C@H](C(C)C)NC(=O)[C@@H]2CCCN2C(=O)[C@@H](Cc2ccccc2)NC(=O)[C@@H](Cc2ccc(O)cc2)NC1=O. The van der Waals surface area contributed by atoms with Crippen LogP contribution in [0.2, 0.25) is 0 Å². The van der Waals surface area contributed by atoms with Crippen molar-refractivity contribution >= 4 is 70.9 Å². The van der Waals surface area contributed by atoms with E-state index < -0.39 is 155 Å². The second kappa shape index (κ2) is 40.5. The summed E-state index contributed by atoms with van der Waals surface area (Å²) >= 11 is 0. The molecule has 3 aliphatic heterocycles. The van der Waals surface area contributed by atoms with Gasteiger partial charge in [-0.1, -0.05) is 140 Å². The molecule has 4 aromatic carbocycles. The first-order valence-electron chi connectivity index (χ1n) is 37.2. The molecule has 3 heterocycles. The molecule has 0 spiro atoms. The highest BCUT2D eigenvalue weighted by atomic mass is 16.3. The van der Waals surface area contributed by atoms with E-state index in [1.54, 1.807) is 113 Å². The van der Waals surface area contributed by atoms with Gasteiger partial charge in [0.1, 0.15) is 84.0 Å². The summed E-state index contributed by atoms with van der Waals surface area (Å²) in [7, 11) is 0. The van der Waals surface area contributed by atoms with Crippen molar-refractivity contribution in [1.82, 2.24) is 63.0 Å². The lowest BCUT2D eigenvalue weighted by Crippen LogP contribution is -2.62. The highest BCUT2D eigenvalue weighted by molar-refractivity contribution is 6.01. The fraction of sp³-hybridized carbons (Fsp3) is 0.538. The maximum Gasteiger partial charge on any atom is 0.246 e. The Labute approximate surface area is 621 Å². The number of carbonyl (C=O) groups excluding carboxylic acids is 12. The van der Waals surface area contributed by atoms with Gasteiger partial charge in [-0.2, -0.15) is 0 Å². The summed E-state index contributed by atoms with van der Waals surface area (Å²) in [5.74, 6) is -10.9. The number of nitrogens with two attached hydrogens (primary N) is 2. The van der Waals surface area contributed by atoms with Crippen molar-refractivity contribution in [3.8, 4) is 11.5 Å². The standard InChI is InChI=1S/C78H110N14O14/c1-45(2)39-57-69(97)85-59(41-51-27-31-53(93)32-28-51)71(99)87-61(43-49-19-11-9-12-20-49)77(105)91-37-17-26-64(91)74(102)90-66(48(7)8)76(104)82-56(24-16-36-80)68(96)84-58(40-46(3)4)70(98)86-60(42-52-29-33-54(94)34-30-52)72(100)88-62(44-50-21-13-10-14-22-50)78(106)92-38-18-25-63(92)73(101)89-65(47(5)6)75(103)81-55(23-15-35-79)67(95)83-57/h9-14,19-22,27-34,45-48,55-66,93-94H,15-18,23-26,35-44,79-80H2,1-8H3,(H,81,103)(H,82,104)(H,83,95)(H,84,96)(H,85,97)(H,86,98)(H,87,99)(H,88,100)(H,89,101)(H,90,102)/t55-,56-,57-,58-,59+,60+,61+,62+,63-,64-,65-,66-/m0/s1. The predicted molar refractivity (Wildman–Crippen MR) is 398 cm³/mol. The molecule has 0 aromatic heterocycles. The molecule has 0 bridgehead atoms. The van der Waals surface area contributed by atoms with Gasteiger partial charge in [-0.15, -0.1) is 0 Å². The molecular formula is C78H110N14O14. The highest BCUT2D eigenvalue weighted by Gasteiger charge is 2.44. The smallest absolute Gasteiger partial charge is 0.246 e. The third-order valence-corrected chi connectivity index (χ3v) is 19.3. The average Bonchev–Trinajstić information content (AvgIpc) is 1.59. The number of hydrogen-bond donors (Lipinski definition) is 14. The number of phenolic OH excluding ortho intramolecular Hbond substituents is 2. The molecule has 0 aliphatic carbocycles. The van der Waals surface area contributed by atoms with Crippen LogP contribution in [0.4, 0.5) is 0 Å². The predicted octanol–water partition coefficient (Wildman–Crippen LogP) is 2.09. The summed E-state index contributed by atoms with van der Waals surface area (Å²) < 4.78 is 0. The number of nitrogens with zero attached hydrogens (tertiary/aromatic N) is 2. The van der Waals surface area contributed by atoms with Crippen LogP contribution in [-0.2, 0) is 83.2 Å². The van der Waals surface area contributed by atoms with Crippen LogP contribution in [0.15, 0.2) is 109 Å². The Balaban J connectivity index is 1.30. The fourth-order valence-electron chi connectivity index (χ4n) is 13.6. The van der Waals surface area contributed by atoms with Crippen LogP contribution >= 0.6 is 0 Å². The normalized spacial score (nSPS) is 25.2. The van der Waals surface area contributed by atoms with Crippen molar-refractivity contribution in [3.05, 3.63) is 131 Å². The molecule has 7 rings (SSSR count). The molecule has 28 heteroatoms. The van der Waals surface area contributed by atoms with E-state index in [1.807, 2.05) is 27.7 Å². The van der Waals surface area contributed by atoms with Crippen LogP contribution in [0.1, 0.15) is 142 Å². The first kappa shape index (κ1) is 83.3. The van der Waals surface area contributed by atoms with Crippen molar-refractivity contribution in [2.45, 2.75) is 218 Å². The molecule has 12 amide bonds. The maximum atomic E-state index is 15.3. The van der Waals surface area contributed by atoms with Crippen molar-refractivity contribution in [2.75, 3.05) is 26.2 Å². The number of phenols is 2. The molecule has 28 nitrogen and oxygen atoms in total. The topological polar surface area (TPSA) is 424 Å². The van der Waals surface area contributed by atoms with Crippen molar-refractivity contribution in [2.24, 2.45) is 35.1 Å². The van der Waals surface area contributed by atoms with Gasteiger partial charge in [0.05, 0.1) is 0 Å². The fourth-order valence-corrected chi connectivity index (χ4v) is 13.6. The first-order valence-corrected chi connectivity index (χ1v) is 37.2. The maximum absolute atomic E-state index is 15.3. The molecular weight excluding hydrogens is 1360 g/mol. The number of aromatic hydroxyl groups is 2.